The van der Waals surface area contributed by atoms with Crippen LogP contribution in [0.1, 0.15) is 99.5 Å². The molecular weight excluding hydrogens is 1200 g/mol. The number of allylic oxidation sites excluding steroid dienone is 2. The summed E-state index contributed by atoms with van der Waals surface area (Å²) in [5, 5.41) is 34.9. The van der Waals surface area contributed by atoms with E-state index in [1.807, 2.05) is 49.1 Å². The van der Waals surface area contributed by atoms with Crippen molar-refractivity contribution in [2.75, 3.05) is 60.4 Å². The Morgan fingerprint density at radius 2 is 1.56 bits per heavy atom. The predicted molar refractivity (Wildman–Crippen MR) is 336 cm³/mol. The highest BCUT2D eigenvalue weighted by atomic mass is 35.5. The first-order valence-corrected chi connectivity index (χ1v) is 32.2. The Morgan fingerprint density at radius 1 is 0.844 bits per heavy atom. The molecule has 22 heteroatoms. The van der Waals surface area contributed by atoms with Gasteiger partial charge in [-0.1, -0.05) is 88.2 Å². The number of ether oxygens (including phenoxy) is 13. The minimum atomic E-state index is -1.84. The molecule has 5 fully saturated rings. The first-order chi connectivity index (χ1) is 42.7. The summed E-state index contributed by atoms with van der Waals surface area (Å²) in [7, 11) is 3.22. The zero-order valence-electron chi connectivity index (χ0n) is 53.5. The van der Waals surface area contributed by atoms with Gasteiger partial charge in [0.25, 0.3) is 5.91 Å². The summed E-state index contributed by atoms with van der Waals surface area (Å²) < 4.78 is 80.0. The molecule has 20 atom stereocenters. The summed E-state index contributed by atoms with van der Waals surface area (Å²) in [5.74, 6) is -0.302. The smallest absolute Gasteiger partial charge is 0.316 e. The molecule has 9 aliphatic rings. The molecule has 11 rings (SSSR count). The number of rotatable bonds is 13. The Bertz CT molecular complexity index is 2900. The number of aliphatic hydroxyl groups is 3. The topological polar surface area (TPSA) is 221 Å². The van der Waals surface area contributed by atoms with Crippen molar-refractivity contribution in [3.05, 3.63) is 112 Å². The molecule has 1 aliphatic carbocycles. The molecule has 2 aromatic carbocycles. The number of hydrogen-bond donors (Lipinski definition) is 3. The minimum absolute atomic E-state index is 0. The lowest BCUT2D eigenvalue weighted by Gasteiger charge is -2.48. The number of benzene rings is 2. The molecular formula is C68H94Cl2N2O18. The third-order valence-corrected chi connectivity index (χ3v) is 19.5. The van der Waals surface area contributed by atoms with Crippen molar-refractivity contribution in [3.8, 4) is 17.2 Å². The van der Waals surface area contributed by atoms with Gasteiger partial charge in [0, 0.05) is 89.5 Å². The van der Waals surface area contributed by atoms with E-state index in [9.17, 15) is 24.9 Å². The van der Waals surface area contributed by atoms with E-state index in [0.29, 0.717) is 67.1 Å². The molecule has 8 heterocycles. The van der Waals surface area contributed by atoms with Crippen molar-refractivity contribution >= 4 is 35.9 Å². The highest BCUT2D eigenvalue weighted by Gasteiger charge is 2.60. The molecule has 0 saturated carbocycles. The van der Waals surface area contributed by atoms with Crippen LogP contribution in [0.2, 0.25) is 5.02 Å². The second-order valence-electron chi connectivity index (χ2n) is 25.5. The van der Waals surface area contributed by atoms with Crippen LogP contribution in [0.3, 0.4) is 0 Å². The summed E-state index contributed by atoms with van der Waals surface area (Å²) in [6.45, 7) is 20.3. The van der Waals surface area contributed by atoms with Gasteiger partial charge in [-0.15, -0.1) is 12.4 Å². The number of methoxy groups -OCH3 is 2. The average Bonchev–Trinajstić information content (AvgIpc) is 1.51. The second kappa shape index (κ2) is 30.7. The quantitative estimate of drug-likeness (QED) is 0.126. The number of carbonyl (C=O) groups excluding carboxylic acids is 2. The van der Waals surface area contributed by atoms with E-state index in [-0.39, 0.29) is 74.4 Å². The van der Waals surface area contributed by atoms with Gasteiger partial charge >= 0.3 is 5.97 Å². The van der Waals surface area contributed by atoms with Crippen LogP contribution in [-0.2, 0) is 63.5 Å². The molecule has 8 aliphatic heterocycles. The summed E-state index contributed by atoms with van der Waals surface area (Å²) in [5.41, 5.74) is 1.32. The van der Waals surface area contributed by atoms with Crippen molar-refractivity contribution in [2.45, 2.75) is 198 Å². The maximum absolute atomic E-state index is 14.3. The Kier molecular flexibility index (Phi) is 23.9. The maximum atomic E-state index is 14.3. The van der Waals surface area contributed by atoms with Crippen LogP contribution in [0.25, 0.3) is 0 Å². The average molecular weight is 1300 g/mol. The monoisotopic (exact) mass is 1300 g/mol. The summed E-state index contributed by atoms with van der Waals surface area (Å²) >= 11 is 5.85. The first kappa shape index (κ1) is 69.9. The fraction of sp³-hybridized carbons (Fsp3) is 0.647. The fourth-order valence-corrected chi connectivity index (χ4v) is 13.9. The van der Waals surface area contributed by atoms with Gasteiger partial charge in [-0.2, -0.15) is 0 Å². The Morgan fingerprint density at radius 3 is 2.29 bits per heavy atom. The van der Waals surface area contributed by atoms with Gasteiger partial charge in [-0.05, 0) is 105 Å². The summed E-state index contributed by atoms with van der Waals surface area (Å²) in [4.78, 5) is 30.9. The number of aliphatic hydroxyl groups excluding tert-OH is 2. The number of nitrogens with zero attached hydrogens (tertiary/aromatic N) is 2. The number of esters is 1. The van der Waals surface area contributed by atoms with Crippen LogP contribution in [0.5, 0.6) is 17.2 Å². The zero-order chi connectivity index (χ0) is 63.3. The molecule has 2 bridgehead atoms. The Balaban J connectivity index is 0.000000285. The van der Waals surface area contributed by atoms with Crippen molar-refractivity contribution in [1.29, 1.82) is 0 Å². The van der Waals surface area contributed by atoms with Gasteiger partial charge in [0.1, 0.15) is 47.8 Å². The van der Waals surface area contributed by atoms with E-state index < -0.39 is 90.8 Å². The maximum Gasteiger partial charge on any atom is 0.316 e. The largest absolute Gasteiger partial charge is 0.484 e. The number of piperazine rings is 1. The van der Waals surface area contributed by atoms with Gasteiger partial charge in [0.15, 0.2) is 36.5 Å². The molecule has 90 heavy (non-hydrogen) atoms. The predicted octanol–water partition coefficient (Wildman–Crippen LogP) is 8.59. The Labute approximate surface area is 541 Å². The van der Waals surface area contributed by atoms with Crippen LogP contribution in [0.15, 0.2) is 102 Å². The van der Waals surface area contributed by atoms with Crippen molar-refractivity contribution in [2.24, 2.45) is 23.7 Å². The molecule has 20 unspecified atom stereocenters. The lowest BCUT2D eigenvalue weighted by Crippen LogP contribution is -2.58. The third kappa shape index (κ3) is 16.0. The second-order valence-corrected chi connectivity index (χ2v) is 26.0. The SMILES string of the molecule is CCC(C)C1OC2(C=CC1C)CC1CC(CC=C(C)C(OC3CC(OC)C(OC4CC(OC)C(O)C(C)O4)C(C)O3)C(C)C=CC=C3COC4C(O)C(C)=CC(C(=O)O1)C34O)O2.Cl.O=C(COc1ccc(Cl)cc1)N1CCN(Cc2ccc3c(c2)OCO3)CC1. The van der Waals surface area contributed by atoms with E-state index in [2.05, 4.69) is 50.8 Å². The zero-order valence-corrected chi connectivity index (χ0v) is 55.1. The standard InChI is InChI=1S/C48H72O14.C20H21ClN2O4.ClH/c1-11-25(2)43-28(5)17-18-47(62-43)23-34-20-33(61-47)16-15-27(4)42(26(3)13-12-14-32-24-55-45-40(49)29(6)19-35(46(51)58-34)48(32,45)52)59-39-22-37(54-10)44(31(8)57-39)60-38-21-36(53-9)41(50)30(7)56-38;21-16-2-4-17(5-3-16)25-13-20(24)23-9-7-22(8-10-23)12-15-1-6-18-19(11-15)27-14-26-18;/h12-15,17-19,25-26,28,30-31,33-45,49-50,52H,11,16,20-24H2,1-10H3;1-6,11H,7-10,12-14H2;1H. The number of carbonyl (C=O) groups is 2. The lowest BCUT2D eigenvalue weighted by atomic mass is 9.71. The summed E-state index contributed by atoms with van der Waals surface area (Å²) in [6.07, 6.45) is 8.55. The van der Waals surface area contributed by atoms with Crippen LogP contribution >= 0.6 is 24.0 Å². The molecule has 3 N–H and O–H groups in total. The number of halogens is 2. The first-order valence-electron chi connectivity index (χ1n) is 31.8. The van der Waals surface area contributed by atoms with E-state index >= 15 is 0 Å². The molecule has 2 aromatic rings. The number of amides is 1. The van der Waals surface area contributed by atoms with Crippen LogP contribution in [0.4, 0.5) is 0 Å². The van der Waals surface area contributed by atoms with Gasteiger partial charge < -0.3 is 81.8 Å². The van der Waals surface area contributed by atoms with Gasteiger partial charge in [-0.3, -0.25) is 14.5 Å². The summed E-state index contributed by atoms with van der Waals surface area (Å²) in [6, 6.07) is 13.1. The number of fused-ring (bicyclic) bond motifs is 3. The molecule has 1 amide bonds. The van der Waals surface area contributed by atoms with Crippen molar-refractivity contribution in [3.63, 3.8) is 0 Å². The minimum Gasteiger partial charge on any atom is -0.484 e. The fourth-order valence-electron chi connectivity index (χ4n) is 13.8. The normalized spacial score (nSPS) is 37.3. The van der Waals surface area contributed by atoms with Crippen LogP contribution in [-0.4, -0.2) is 195 Å². The highest BCUT2D eigenvalue weighted by molar-refractivity contribution is 6.30. The van der Waals surface area contributed by atoms with Gasteiger partial charge in [0.2, 0.25) is 6.79 Å². The molecule has 1 spiro atoms. The van der Waals surface area contributed by atoms with Crippen LogP contribution in [0, 0.1) is 23.7 Å². The van der Waals surface area contributed by atoms with E-state index in [4.69, 9.17) is 73.2 Å². The molecule has 5 saturated heterocycles. The lowest BCUT2D eigenvalue weighted by molar-refractivity contribution is -0.318. The van der Waals surface area contributed by atoms with Crippen LogP contribution < -0.4 is 14.2 Å². The van der Waals surface area contributed by atoms with E-state index in [1.165, 1.54) is 5.56 Å². The molecule has 0 radical (unpaired) electrons. The van der Waals surface area contributed by atoms with Gasteiger partial charge in [0.05, 0.1) is 49.3 Å². The highest BCUT2D eigenvalue weighted by Crippen LogP contribution is 2.47. The van der Waals surface area contributed by atoms with Gasteiger partial charge in [-0.25, -0.2) is 0 Å². The van der Waals surface area contributed by atoms with Crippen molar-refractivity contribution < 1.29 is 86.5 Å². The molecule has 498 valence electrons. The number of hydrogen-bond acceptors (Lipinski definition) is 19. The Hall–Kier alpha value is -4.46. The van der Waals surface area contributed by atoms with E-state index in [1.54, 1.807) is 64.5 Å². The van der Waals surface area contributed by atoms with E-state index in [0.717, 1.165) is 43.1 Å². The van der Waals surface area contributed by atoms with Crippen molar-refractivity contribution in [1.82, 2.24) is 9.80 Å². The molecule has 0 aromatic heterocycles. The third-order valence-electron chi connectivity index (χ3n) is 19.2. The molecule has 20 nitrogen and oxygen atoms in total.